The molecule has 1 aromatic rings. The molecule has 0 aromatic heterocycles. The molecule has 0 bridgehead atoms. The third-order valence-electron chi connectivity index (χ3n) is 2.65. The van der Waals surface area contributed by atoms with Gasteiger partial charge in [0.25, 0.3) is 0 Å². The second-order valence-corrected chi connectivity index (χ2v) is 4.64. The molecule has 0 saturated heterocycles. The third-order valence-corrected chi connectivity index (χ3v) is 3.02. The predicted octanol–water partition coefficient (Wildman–Crippen LogP) is 3.37. The third kappa shape index (κ3) is 5.92. The first kappa shape index (κ1) is 14.8. The molecule has 100 valence electrons. The largest absolute Gasteiger partial charge is 0.338 e. The van der Waals surface area contributed by atoms with Crippen LogP contribution in [0.4, 0.5) is 4.79 Å². The Morgan fingerprint density at radius 2 is 1.89 bits per heavy atom. The predicted molar refractivity (Wildman–Crippen MR) is 76.1 cm³/mol. The molecule has 0 radical (unpaired) electrons. The highest BCUT2D eigenvalue weighted by molar-refractivity contribution is 6.31. The molecular formula is C14H21ClN2O. The highest BCUT2D eigenvalue weighted by Crippen LogP contribution is 2.16. The fourth-order valence-corrected chi connectivity index (χ4v) is 1.87. The van der Waals surface area contributed by atoms with Crippen LogP contribution in [-0.2, 0) is 6.42 Å². The zero-order valence-electron chi connectivity index (χ0n) is 10.8. The number of unbranched alkanes of at least 4 members (excludes halogenated alkanes) is 1. The molecule has 1 rings (SSSR count). The van der Waals surface area contributed by atoms with Gasteiger partial charge in [0.05, 0.1) is 0 Å². The van der Waals surface area contributed by atoms with Crippen molar-refractivity contribution < 1.29 is 4.79 Å². The minimum Gasteiger partial charge on any atom is -0.338 e. The molecule has 0 saturated carbocycles. The van der Waals surface area contributed by atoms with E-state index < -0.39 is 0 Å². The molecule has 0 aliphatic heterocycles. The van der Waals surface area contributed by atoms with Crippen molar-refractivity contribution in [3.05, 3.63) is 34.9 Å². The first-order valence-corrected chi connectivity index (χ1v) is 6.87. The number of rotatable bonds is 7. The summed E-state index contributed by atoms with van der Waals surface area (Å²) in [7, 11) is 0. The summed E-state index contributed by atoms with van der Waals surface area (Å²) in [6.07, 6.45) is 3.90. The molecule has 18 heavy (non-hydrogen) atoms. The van der Waals surface area contributed by atoms with Gasteiger partial charge >= 0.3 is 6.03 Å². The monoisotopic (exact) mass is 268 g/mol. The van der Waals surface area contributed by atoms with E-state index in [2.05, 4.69) is 10.6 Å². The normalized spacial score (nSPS) is 10.1. The Hall–Kier alpha value is -1.22. The van der Waals surface area contributed by atoms with Gasteiger partial charge in [0.1, 0.15) is 0 Å². The van der Waals surface area contributed by atoms with Crippen LogP contribution in [0.2, 0.25) is 5.02 Å². The van der Waals surface area contributed by atoms with Gasteiger partial charge in [0.2, 0.25) is 0 Å². The standard InChI is InChI=1S/C14H21ClN2O/c1-2-10-16-14(18)17-11-6-5-8-12-7-3-4-9-13(12)15/h3-4,7,9H,2,5-6,8,10-11H2,1H3,(H2,16,17,18). The van der Waals surface area contributed by atoms with Gasteiger partial charge in [0, 0.05) is 18.1 Å². The molecule has 4 heteroatoms. The fourth-order valence-electron chi connectivity index (χ4n) is 1.64. The molecule has 2 N–H and O–H groups in total. The van der Waals surface area contributed by atoms with E-state index >= 15 is 0 Å². The molecule has 0 heterocycles. The Bertz CT molecular complexity index is 369. The zero-order valence-corrected chi connectivity index (χ0v) is 11.6. The van der Waals surface area contributed by atoms with Crippen molar-refractivity contribution in [3.63, 3.8) is 0 Å². The van der Waals surface area contributed by atoms with Crippen molar-refractivity contribution in [2.75, 3.05) is 13.1 Å². The van der Waals surface area contributed by atoms with Crippen LogP contribution >= 0.6 is 11.6 Å². The molecule has 0 spiro atoms. The highest BCUT2D eigenvalue weighted by Gasteiger charge is 2.00. The molecule has 1 aromatic carbocycles. The number of benzene rings is 1. The number of urea groups is 1. The molecule has 3 nitrogen and oxygen atoms in total. The lowest BCUT2D eigenvalue weighted by Gasteiger charge is -2.07. The molecule has 0 atom stereocenters. The van der Waals surface area contributed by atoms with Crippen LogP contribution in [0.5, 0.6) is 0 Å². The molecule has 0 aliphatic carbocycles. The van der Waals surface area contributed by atoms with Crippen molar-refractivity contribution in [2.24, 2.45) is 0 Å². The maximum atomic E-state index is 11.2. The molecule has 2 amide bonds. The molecule has 0 fully saturated rings. The fraction of sp³-hybridized carbons (Fsp3) is 0.500. The average Bonchev–Trinajstić information content (AvgIpc) is 2.38. The minimum absolute atomic E-state index is 0.0745. The maximum Gasteiger partial charge on any atom is 0.314 e. The SMILES string of the molecule is CCCNC(=O)NCCCCc1ccccc1Cl. The van der Waals surface area contributed by atoms with Crippen molar-refractivity contribution in [1.82, 2.24) is 10.6 Å². The highest BCUT2D eigenvalue weighted by atomic mass is 35.5. The Balaban J connectivity index is 2.09. The van der Waals surface area contributed by atoms with E-state index in [9.17, 15) is 4.79 Å². The molecular weight excluding hydrogens is 248 g/mol. The minimum atomic E-state index is -0.0745. The van der Waals surface area contributed by atoms with Gasteiger partial charge in [-0.2, -0.15) is 0 Å². The number of nitrogens with one attached hydrogen (secondary N) is 2. The summed E-state index contributed by atoms with van der Waals surface area (Å²) < 4.78 is 0. The van der Waals surface area contributed by atoms with Gasteiger partial charge in [-0.05, 0) is 37.3 Å². The van der Waals surface area contributed by atoms with Gasteiger partial charge in [-0.15, -0.1) is 0 Å². The van der Waals surface area contributed by atoms with Gasteiger partial charge in [-0.1, -0.05) is 36.7 Å². The topological polar surface area (TPSA) is 41.1 Å². The second-order valence-electron chi connectivity index (χ2n) is 4.23. The van der Waals surface area contributed by atoms with E-state index in [1.807, 2.05) is 31.2 Å². The lowest BCUT2D eigenvalue weighted by molar-refractivity contribution is 0.240. The van der Waals surface area contributed by atoms with E-state index in [4.69, 9.17) is 11.6 Å². The maximum absolute atomic E-state index is 11.2. The summed E-state index contributed by atoms with van der Waals surface area (Å²) >= 11 is 6.06. The summed E-state index contributed by atoms with van der Waals surface area (Å²) in [5, 5.41) is 6.44. The Morgan fingerprint density at radius 3 is 2.61 bits per heavy atom. The van der Waals surface area contributed by atoms with E-state index in [-0.39, 0.29) is 6.03 Å². The van der Waals surface area contributed by atoms with Crippen LogP contribution in [0, 0.1) is 0 Å². The van der Waals surface area contributed by atoms with Crippen molar-refractivity contribution in [2.45, 2.75) is 32.6 Å². The van der Waals surface area contributed by atoms with Crippen LogP contribution in [0.25, 0.3) is 0 Å². The van der Waals surface area contributed by atoms with Crippen molar-refractivity contribution in [3.8, 4) is 0 Å². The summed E-state index contributed by atoms with van der Waals surface area (Å²) in [6.45, 7) is 3.47. The number of aryl methyl sites for hydroxylation is 1. The zero-order chi connectivity index (χ0) is 13.2. The van der Waals surface area contributed by atoms with Crippen LogP contribution in [0.15, 0.2) is 24.3 Å². The Labute approximate surface area is 114 Å². The number of hydrogen-bond acceptors (Lipinski definition) is 1. The molecule has 0 unspecified atom stereocenters. The summed E-state index contributed by atoms with van der Waals surface area (Å²) in [5.74, 6) is 0. The van der Waals surface area contributed by atoms with Crippen LogP contribution in [0.3, 0.4) is 0 Å². The Morgan fingerprint density at radius 1 is 1.17 bits per heavy atom. The van der Waals surface area contributed by atoms with Crippen LogP contribution in [0.1, 0.15) is 31.7 Å². The first-order chi connectivity index (χ1) is 8.74. The van der Waals surface area contributed by atoms with Gasteiger partial charge < -0.3 is 10.6 Å². The Kier molecular flexibility index (Phi) is 7.26. The smallest absolute Gasteiger partial charge is 0.314 e. The number of halogens is 1. The quantitative estimate of drug-likeness (QED) is 0.732. The van der Waals surface area contributed by atoms with E-state index in [0.717, 1.165) is 37.3 Å². The average molecular weight is 269 g/mol. The van der Waals surface area contributed by atoms with E-state index in [1.54, 1.807) is 0 Å². The number of carbonyl (C=O) groups is 1. The van der Waals surface area contributed by atoms with E-state index in [1.165, 1.54) is 5.56 Å². The number of amides is 2. The van der Waals surface area contributed by atoms with Crippen molar-refractivity contribution in [1.29, 1.82) is 0 Å². The van der Waals surface area contributed by atoms with Crippen molar-refractivity contribution >= 4 is 17.6 Å². The van der Waals surface area contributed by atoms with Crippen LogP contribution < -0.4 is 10.6 Å². The summed E-state index contributed by atoms with van der Waals surface area (Å²) in [6, 6.07) is 7.81. The molecule has 0 aliphatic rings. The summed E-state index contributed by atoms with van der Waals surface area (Å²) in [4.78, 5) is 11.2. The van der Waals surface area contributed by atoms with E-state index in [0.29, 0.717) is 6.54 Å². The second kappa shape index (κ2) is 8.81. The number of hydrogen-bond donors (Lipinski definition) is 2. The lowest BCUT2D eigenvalue weighted by atomic mass is 10.1. The van der Waals surface area contributed by atoms with Gasteiger partial charge in [-0.3, -0.25) is 0 Å². The van der Waals surface area contributed by atoms with Crippen LogP contribution in [-0.4, -0.2) is 19.1 Å². The lowest BCUT2D eigenvalue weighted by Crippen LogP contribution is -2.36. The number of carbonyl (C=O) groups excluding carboxylic acids is 1. The van der Waals surface area contributed by atoms with Gasteiger partial charge in [0.15, 0.2) is 0 Å². The summed E-state index contributed by atoms with van der Waals surface area (Å²) in [5.41, 5.74) is 1.18. The first-order valence-electron chi connectivity index (χ1n) is 6.49. The van der Waals surface area contributed by atoms with Gasteiger partial charge in [-0.25, -0.2) is 4.79 Å².